The van der Waals surface area contributed by atoms with E-state index in [4.69, 9.17) is 4.74 Å². The largest absolute Gasteiger partial charge is 0.423 e. The molecule has 2 aromatic rings. The first-order chi connectivity index (χ1) is 17.6. The Labute approximate surface area is 220 Å². The summed E-state index contributed by atoms with van der Waals surface area (Å²) in [7, 11) is 0. The van der Waals surface area contributed by atoms with Crippen LogP contribution in [-0.2, 0) is 6.42 Å². The molecule has 3 rings (SSSR count). The Kier molecular flexibility index (Phi) is 12.3. The summed E-state index contributed by atoms with van der Waals surface area (Å²) >= 11 is 0. The van der Waals surface area contributed by atoms with E-state index in [-0.39, 0.29) is 5.97 Å². The summed E-state index contributed by atoms with van der Waals surface area (Å²) in [5.74, 6) is 2.06. The molecule has 36 heavy (non-hydrogen) atoms. The number of rotatable bonds is 15. The average molecular weight is 489 g/mol. The minimum absolute atomic E-state index is 0.288. The predicted molar refractivity (Wildman–Crippen MR) is 154 cm³/mol. The van der Waals surface area contributed by atoms with E-state index < -0.39 is 0 Å². The SMILES string of the molecule is CCCCCCCCc1ccc(OC(=O)c2ccc(C3=CCC(CCC(CC)CC)CC3)cc2)cc1. The van der Waals surface area contributed by atoms with Crippen molar-refractivity contribution in [3.05, 3.63) is 71.3 Å². The van der Waals surface area contributed by atoms with Crippen LogP contribution in [0.15, 0.2) is 54.6 Å². The van der Waals surface area contributed by atoms with Gasteiger partial charge in [0.15, 0.2) is 0 Å². The van der Waals surface area contributed by atoms with Gasteiger partial charge in [0.25, 0.3) is 0 Å². The number of hydrogen-bond acceptors (Lipinski definition) is 2. The number of unbranched alkanes of at least 4 members (excludes halogenated alkanes) is 5. The van der Waals surface area contributed by atoms with Gasteiger partial charge < -0.3 is 4.74 Å². The number of benzene rings is 2. The number of ether oxygens (including phenoxy) is 1. The Hall–Kier alpha value is -2.35. The van der Waals surface area contributed by atoms with Gasteiger partial charge in [-0.2, -0.15) is 0 Å². The molecule has 0 saturated carbocycles. The van der Waals surface area contributed by atoms with Crippen molar-refractivity contribution in [2.45, 2.75) is 111 Å². The lowest BCUT2D eigenvalue weighted by Crippen LogP contribution is -2.09. The Morgan fingerprint density at radius 2 is 1.58 bits per heavy atom. The lowest BCUT2D eigenvalue weighted by molar-refractivity contribution is 0.0734. The molecule has 0 spiro atoms. The number of carbonyl (C=O) groups excluding carboxylic acids is 1. The lowest BCUT2D eigenvalue weighted by Gasteiger charge is -2.24. The van der Waals surface area contributed by atoms with Gasteiger partial charge in [0.1, 0.15) is 5.75 Å². The van der Waals surface area contributed by atoms with Crippen LogP contribution in [-0.4, -0.2) is 5.97 Å². The summed E-state index contributed by atoms with van der Waals surface area (Å²) < 4.78 is 5.64. The molecule has 0 N–H and O–H groups in total. The molecule has 1 atom stereocenters. The number of aryl methyl sites for hydroxylation is 1. The standard InChI is InChI=1S/C34H48O2/c1-4-7-8-9-10-11-12-28-17-25-33(26-18-28)36-34(35)32-23-21-31(22-24-32)30-19-15-29(16-20-30)14-13-27(5-2)6-3/h17-19,21-27,29H,4-16,20H2,1-3H3. The first-order valence-corrected chi connectivity index (χ1v) is 14.7. The first kappa shape index (κ1) is 28.2. The third-order valence-corrected chi connectivity index (χ3v) is 8.10. The number of hydrogen-bond donors (Lipinski definition) is 0. The van der Waals surface area contributed by atoms with Gasteiger partial charge in [-0.3, -0.25) is 0 Å². The van der Waals surface area contributed by atoms with Gasteiger partial charge in [-0.25, -0.2) is 4.79 Å². The van der Waals surface area contributed by atoms with Gasteiger partial charge in [0, 0.05) is 0 Å². The number of carbonyl (C=O) groups is 1. The fraction of sp³-hybridized carbons (Fsp3) is 0.559. The number of allylic oxidation sites excluding steroid dienone is 2. The van der Waals surface area contributed by atoms with Crippen molar-refractivity contribution in [1.82, 2.24) is 0 Å². The predicted octanol–water partition coefficient (Wildman–Crippen LogP) is 10.2. The van der Waals surface area contributed by atoms with Crippen LogP contribution in [0.2, 0.25) is 0 Å². The van der Waals surface area contributed by atoms with Crippen molar-refractivity contribution in [2.24, 2.45) is 11.8 Å². The molecule has 0 radical (unpaired) electrons. The zero-order chi connectivity index (χ0) is 25.6. The van der Waals surface area contributed by atoms with E-state index in [0.717, 1.165) is 24.7 Å². The molecule has 1 aliphatic rings. The minimum Gasteiger partial charge on any atom is -0.423 e. The van der Waals surface area contributed by atoms with E-state index in [0.29, 0.717) is 11.3 Å². The molecule has 1 aliphatic carbocycles. The topological polar surface area (TPSA) is 26.3 Å². The van der Waals surface area contributed by atoms with Gasteiger partial charge in [-0.15, -0.1) is 0 Å². The van der Waals surface area contributed by atoms with Crippen molar-refractivity contribution < 1.29 is 9.53 Å². The monoisotopic (exact) mass is 488 g/mol. The van der Waals surface area contributed by atoms with Crippen molar-refractivity contribution >= 4 is 11.5 Å². The first-order valence-electron chi connectivity index (χ1n) is 14.7. The quantitative estimate of drug-likeness (QED) is 0.142. The van der Waals surface area contributed by atoms with Crippen LogP contribution in [0.4, 0.5) is 0 Å². The van der Waals surface area contributed by atoms with Crippen LogP contribution in [0, 0.1) is 11.8 Å². The molecule has 1 unspecified atom stereocenters. The van der Waals surface area contributed by atoms with Crippen LogP contribution in [0.3, 0.4) is 0 Å². The molecule has 0 saturated heterocycles. The Bertz CT molecular complexity index is 919. The fourth-order valence-corrected chi connectivity index (χ4v) is 5.40. The maximum Gasteiger partial charge on any atom is 0.343 e. The molecule has 196 valence electrons. The smallest absolute Gasteiger partial charge is 0.343 e. The van der Waals surface area contributed by atoms with Crippen LogP contribution in [0.1, 0.15) is 126 Å². The van der Waals surface area contributed by atoms with E-state index in [1.807, 2.05) is 24.3 Å². The summed E-state index contributed by atoms with van der Waals surface area (Å²) in [6.45, 7) is 6.89. The molecule has 0 aliphatic heterocycles. The van der Waals surface area contributed by atoms with Gasteiger partial charge in [-0.05, 0) is 91.3 Å². The van der Waals surface area contributed by atoms with Crippen LogP contribution >= 0.6 is 0 Å². The van der Waals surface area contributed by atoms with Crippen molar-refractivity contribution in [3.8, 4) is 5.75 Å². The zero-order valence-electron chi connectivity index (χ0n) is 23.1. The van der Waals surface area contributed by atoms with Crippen LogP contribution in [0.25, 0.3) is 5.57 Å². The van der Waals surface area contributed by atoms with Crippen LogP contribution in [0.5, 0.6) is 5.75 Å². The molecule has 2 nitrogen and oxygen atoms in total. The molecule has 2 heteroatoms. The Morgan fingerprint density at radius 3 is 2.22 bits per heavy atom. The van der Waals surface area contributed by atoms with Gasteiger partial charge in [0.05, 0.1) is 5.56 Å². The van der Waals surface area contributed by atoms with E-state index >= 15 is 0 Å². The summed E-state index contributed by atoms with van der Waals surface area (Å²) in [6, 6.07) is 16.0. The highest BCUT2D eigenvalue weighted by atomic mass is 16.5. The number of esters is 1. The molecule has 0 fully saturated rings. The second-order valence-corrected chi connectivity index (χ2v) is 10.8. The maximum absolute atomic E-state index is 12.7. The summed E-state index contributed by atoms with van der Waals surface area (Å²) in [6.07, 6.45) is 20.3. The van der Waals surface area contributed by atoms with E-state index in [1.165, 1.54) is 93.7 Å². The van der Waals surface area contributed by atoms with Gasteiger partial charge >= 0.3 is 5.97 Å². The summed E-state index contributed by atoms with van der Waals surface area (Å²) in [5, 5.41) is 0. The zero-order valence-corrected chi connectivity index (χ0v) is 23.1. The van der Waals surface area contributed by atoms with Crippen molar-refractivity contribution in [3.63, 3.8) is 0 Å². The normalized spacial score (nSPS) is 15.7. The highest BCUT2D eigenvalue weighted by molar-refractivity contribution is 5.91. The highest BCUT2D eigenvalue weighted by Crippen LogP contribution is 2.34. The van der Waals surface area contributed by atoms with Crippen LogP contribution < -0.4 is 4.74 Å². The summed E-state index contributed by atoms with van der Waals surface area (Å²) in [4.78, 5) is 12.7. The highest BCUT2D eigenvalue weighted by Gasteiger charge is 2.17. The lowest BCUT2D eigenvalue weighted by atomic mass is 9.82. The van der Waals surface area contributed by atoms with E-state index in [2.05, 4.69) is 51.1 Å². The second-order valence-electron chi connectivity index (χ2n) is 10.8. The minimum atomic E-state index is -0.288. The molecule has 0 bridgehead atoms. The molecular formula is C34H48O2. The van der Waals surface area contributed by atoms with E-state index in [1.54, 1.807) is 0 Å². The van der Waals surface area contributed by atoms with Gasteiger partial charge in [0.2, 0.25) is 0 Å². The molecule has 0 aromatic heterocycles. The third-order valence-electron chi connectivity index (χ3n) is 8.10. The molecular weight excluding hydrogens is 440 g/mol. The molecule has 2 aromatic carbocycles. The van der Waals surface area contributed by atoms with Gasteiger partial charge in [-0.1, -0.05) is 102 Å². The Balaban J connectivity index is 1.44. The second kappa shape index (κ2) is 15.7. The van der Waals surface area contributed by atoms with Crippen molar-refractivity contribution in [1.29, 1.82) is 0 Å². The van der Waals surface area contributed by atoms with E-state index in [9.17, 15) is 4.79 Å². The fourth-order valence-electron chi connectivity index (χ4n) is 5.40. The Morgan fingerprint density at radius 1 is 0.889 bits per heavy atom. The maximum atomic E-state index is 12.7. The summed E-state index contributed by atoms with van der Waals surface area (Å²) in [5.41, 5.74) is 4.58. The molecule has 0 amide bonds. The molecule has 0 heterocycles. The van der Waals surface area contributed by atoms with Crippen molar-refractivity contribution in [2.75, 3.05) is 0 Å². The third kappa shape index (κ3) is 9.26. The average Bonchev–Trinajstić information content (AvgIpc) is 2.92.